The number of ether oxygens (including phenoxy) is 8. The molecule has 0 aromatic carbocycles. The first-order valence-corrected chi connectivity index (χ1v) is 19.5. The van der Waals surface area contributed by atoms with Gasteiger partial charge in [0.25, 0.3) is 0 Å². The van der Waals surface area contributed by atoms with Crippen LogP contribution in [0.2, 0.25) is 0 Å². The molecule has 2 heterocycles. The average Bonchev–Trinajstić information content (AvgIpc) is 3.39. The Morgan fingerprint density at radius 3 is 1.79 bits per heavy atom. The minimum atomic E-state index is -2.58. The molecular formula is C38H62O18. The lowest BCUT2D eigenvalue weighted by molar-refractivity contribution is -0.384. The molecule has 56 heavy (non-hydrogen) atoms. The summed E-state index contributed by atoms with van der Waals surface area (Å²) < 4.78 is 46.2. The van der Waals surface area contributed by atoms with Crippen molar-refractivity contribution in [3.63, 3.8) is 0 Å². The molecule has 12 atom stereocenters. The standard InChI is InChI=1S/C38H62O18/c1-9-21(6)34(46)50-18-25-30(53-35(47)22(7)10-2)31(52-27(42)15-13-12-14-20(4)5)32(54-36(48)23(8)11-3)37(51-25)56-38(19-39)33(45)29(44)24(55-38)17-49-28(43)16-26(40)41/h20-25,29-33,37,39,44-45H,9-19H2,1-8H3,(H,40,41)/t21?,22?,23?,24-,25-,29-,30-,31+,32-,33+,37-,38+/m1/s1. The largest absolute Gasteiger partial charge is 0.481 e. The highest BCUT2D eigenvalue weighted by atomic mass is 16.8. The number of aliphatic hydroxyl groups excluding tert-OH is 3. The van der Waals surface area contributed by atoms with Crippen LogP contribution >= 0.6 is 0 Å². The zero-order chi connectivity index (χ0) is 42.3. The molecule has 2 saturated heterocycles. The van der Waals surface area contributed by atoms with Crippen LogP contribution < -0.4 is 0 Å². The van der Waals surface area contributed by atoms with Gasteiger partial charge in [0.2, 0.25) is 12.1 Å². The van der Waals surface area contributed by atoms with Crippen molar-refractivity contribution in [3.05, 3.63) is 0 Å². The van der Waals surface area contributed by atoms with E-state index in [1.54, 1.807) is 41.5 Å². The van der Waals surface area contributed by atoms with Gasteiger partial charge in [0.1, 0.15) is 50.7 Å². The highest BCUT2D eigenvalue weighted by Gasteiger charge is 2.61. The van der Waals surface area contributed by atoms with Gasteiger partial charge in [-0.05, 0) is 31.6 Å². The summed E-state index contributed by atoms with van der Waals surface area (Å²) in [6.07, 6.45) is -12.0. The van der Waals surface area contributed by atoms with Crippen molar-refractivity contribution in [2.45, 2.75) is 162 Å². The van der Waals surface area contributed by atoms with Crippen LogP contribution in [0.5, 0.6) is 0 Å². The molecule has 0 amide bonds. The summed E-state index contributed by atoms with van der Waals surface area (Å²) >= 11 is 0. The van der Waals surface area contributed by atoms with Gasteiger partial charge < -0.3 is 58.3 Å². The zero-order valence-electron chi connectivity index (χ0n) is 33.7. The van der Waals surface area contributed by atoms with E-state index in [9.17, 15) is 44.1 Å². The summed E-state index contributed by atoms with van der Waals surface area (Å²) in [7, 11) is 0. The van der Waals surface area contributed by atoms with Crippen LogP contribution in [0.1, 0.15) is 107 Å². The van der Waals surface area contributed by atoms with Gasteiger partial charge in [-0.2, -0.15) is 0 Å². The van der Waals surface area contributed by atoms with Gasteiger partial charge in [-0.25, -0.2) is 0 Å². The van der Waals surface area contributed by atoms with E-state index in [0.29, 0.717) is 38.0 Å². The molecule has 0 radical (unpaired) electrons. The van der Waals surface area contributed by atoms with Crippen LogP contribution in [0, 0.1) is 23.7 Å². The topological polar surface area (TPSA) is 257 Å². The lowest BCUT2D eigenvalue weighted by atomic mass is 9.96. The van der Waals surface area contributed by atoms with Crippen molar-refractivity contribution in [2.24, 2.45) is 23.7 Å². The number of hydrogen-bond donors (Lipinski definition) is 4. The second-order valence-corrected chi connectivity index (χ2v) is 14.9. The van der Waals surface area contributed by atoms with Crippen LogP contribution in [-0.2, 0) is 66.7 Å². The maximum Gasteiger partial charge on any atom is 0.317 e. The van der Waals surface area contributed by atoms with Crippen LogP contribution in [0.4, 0.5) is 0 Å². The van der Waals surface area contributed by atoms with E-state index in [-0.39, 0.29) is 6.42 Å². The Kier molecular flexibility index (Phi) is 20.1. The van der Waals surface area contributed by atoms with Gasteiger partial charge in [0.15, 0.2) is 18.3 Å². The normalized spacial score (nSPS) is 29.1. The number of aliphatic carboxylic acids is 1. The van der Waals surface area contributed by atoms with Crippen molar-refractivity contribution >= 4 is 35.8 Å². The molecule has 0 saturated carbocycles. The Bertz CT molecular complexity index is 1310. The van der Waals surface area contributed by atoms with Gasteiger partial charge in [0, 0.05) is 6.42 Å². The Balaban J connectivity index is 2.68. The summed E-state index contributed by atoms with van der Waals surface area (Å²) in [6, 6.07) is 0. The minimum absolute atomic E-state index is 0.0712. The molecule has 0 aromatic heterocycles. The first-order chi connectivity index (χ1) is 26.3. The minimum Gasteiger partial charge on any atom is -0.481 e. The molecule has 0 aliphatic carbocycles. The number of carbonyl (C=O) groups excluding carboxylic acids is 5. The molecule has 3 unspecified atom stereocenters. The lowest BCUT2D eigenvalue weighted by Crippen LogP contribution is -2.65. The number of hydrogen-bond acceptors (Lipinski definition) is 17. The smallest absolute Gasteiger partial charge is 0.317 e. The number of carboxylic acid groups (broad SMARTS) is 1. The van der Waals surface area contributed by atoms with Gasteiger partial charge in [-0.3, -0.25) is 28.8 Å². The van der Waals surface area contributed by atoms with Gasteiger partial charge in [-0.1, -0.05) is 68.2 Å². The van der Waals surface area contributed by atoms with Gasteiger partial charge >= 0.3 is 35.8 Å². The molecule has 0 spiro atoms. The van der Waals surface area contributed by atoms with E-state index in [0.717, 1.165) is 6.42 Å². The van der Waals surface area contributed by atoms with Crippen molar-refractivity contribution in [2.75, 3.05) is 19.8 Å². The Hall–Kier alpha value is -3.42. The summed E-state index contributed by atoms with van der Waals surface area (Å²) in [5, 5.41) is 41.6. The highest BCUT2D eigenvalue weighted by molar-refractivity contribution is 5.90. The molecule has 4 N–H and O–H groups in total. The van der Waals surface area contributed by atoms with E-state index in [1.165, 1.54) is 0 Å². The summed E-state index contributed by atoms with van der Waals surface area (Å²) in [5.41, 5.74) is 0. The van der Waals surface area contributed by atoms with Crippen LogP contribution in [0.3, 0.4) is 0 Å². The second kappa shape index (κ2) is 23.1. The lowest BCUT2D eigenvalue weighted by Gasteiger charge is -2.46. The Morgan fingerprint density at radius 2 is 1.25 bits per heavy atom. The fourth-order valence-corrected chi connectivity index (χ4v) is 5.65. The number of carbonyl (C=O) groups is 6. The summed E-state index contributed by atoms with van der Waals surface area (Å²) in [4.78, 5) is 76.0. The third-order valence-electron chi connectivity index (χ3n) is 9.96. The second-order valence-electron chi connectivity index (χ2n) is 14.9. The van der Waals surface area contributed by atoms with Crippen LogP contribution in [-0.4, -0.2) is 131 Å². The van der Waals surface area contributed by atoms with Crippen molar-refractivity contribution in [1.82, 2.24) is 0 Å². The Morgan fingerprint density at radius 1 is 0.696 bits per heavy atom. The molecule has 322 valence electrons. The summed E-state index contributed by atoms with van der Waals surface area (Å²) in [5.74, 6) is -9.69. The molecule has 2 fully saturated rings. The fourth-order valence-electron chi connectivity index (χ4n) is 5.65. The predicted molar refractivity (Wildman–Crippen MR) is 192 cm³/mol. The molecule has 2 aliphatic heterocycles. The number of rotatable bonds is 23. The number of carboxylic acids is 1. The van der Waals surface area contributed by atoms with Gasteiger partial charge in [0.05, 0.1) is 17.8 Å². The van der Waals surface area contributed by atoms with E-state index < -0.39 is 135 Å². The van der Waals surface area contributed by atoms with Crippen LogP contribution in [0.25, 0.3) is 0 Å². The summed E-state index contributed by atoms with van der Waals surface area (Å²) in [6.45, 7) is 11.6. The molecule has 0 bridgehead atoms. The number of aliphatic hydroxyl groups is 3. The number of unbranched alkanes of at least 4 members (excludes halogenated alkanes) is 1. The van der Waals surface area contributed by atoms with E-state index in [1.807, 2.05) is 13.8 Å². The fraction of sp³-hybridized carbons (Fsp3) is 0.842. The molecule has 18 nitrogen and oxygen atoms in total. The first kappa shape index (κ1) is 48.7. The van der Waals surface area contributed by atoms with E-state index in [2.05, 4.69) is 0 Å². The molecule has 18 heteroatoms. The van der Waals surface area contributed by atoms with Crippen molar-refractivity contribution < 1.29 is 87.1 Å². The first-order valence-electron chi connectivity index (χ1n) is 19.5. The SMILES string of the molecule is CCC(C)C(=O)OC[C@H]1O[C@H](O[C@]2(CO)O[C@H](COC(=O)CC(=O)O)[C@@H](O)[C@@H]2O)[C@H](OC(=O)C(C)CC)[C@@H](OC(=O)CCCCC(C)C)[C@@H]1OC(=O)C(C)CC. The van der Waals surface area contributed by atoms with E-state index >= 15 is 0 Å². The monoisotopic (exact) mass is 806 g/mol. The highest BCUT2D eigenvalue weighted by Crippen LogP contribution is 2.39. The number of esters is 5. The van der Waals surface area contributed by atoms with Crippen molar-refractivity contribution in [1.29, 1.82) is 0 Å². The van der Waals surface area contributed by atoms with Crippen LogP contribution in [0.15, 0.2) is 0 Å². The molecular weight excluding hydrogens is 744 g/mol. The maximum atomic E-state index is 13.5. The molecule has 2 aliphatic rings. The van der Waals surface area contributed by atoms with Gasteiger partial charge in [-0.15, -0.1) is 0 Å². The quantitative estimate of drug-likeness (QED) is 0.0499. The third kappa shape index (κ3) is 13.9. The van der Waals surface area contributed by atoms with E-state index in [4.69, 9.17) is 43.0 Å². The molecule has 2 rings (SSSR count). The van der Waals surface area contributed by atoms with Crippen molar-refractivity contribution in [3.8, 4) is 0 Å². The maximum absolute atomic E-state index is 13.5. The third-order valence-corrected chi connectivity index (χ3v) is 9.96. The predicted octanol–water partition coefficient (Wildman–Crippen LogP) is 2.19. The zero-order valence-corrected chi connectivity index (χ0v) is 33.7. The molecule has 0 aromatic rings. The Labute approximate surface area is 327 Å². The average molecular weight is 807 g/mol.